The van der Waals surface area contributed by atoms with Gasteiger partial charge >= 0.3 is 5.69 Å². The Hall–Kier alpha value is -3.31. The van der Waals surface area contributed by atoms with Gasteiger partial charge in [0.25, 0.3) is 0 Å². The van der Waals surface area contributed by atoms with Crippen molar-refractivity contribution in [1.82, 2.24) is 29.8 Å². The summed E-state index contributed by atoms with van der Waals surface area (Å²) in [5.74, 6) is 0.656. The number of aryl methyl sites for hydroxylation is 3. The van der Waals surface area contributed by atoms with Crippen LogP contribution >= 0.6 is 22.9 Å². The highest BCUT2D eigenvalue weighted by Gasteiger charge is 2.21. The highest BCUT2D eigenvalue weighted by molar-refractivity contribution is 7.15. The second-order valence-corrected chi connectivity index (χ2v) is 8.33. The summed E-state index contributed by atoms with van der Waals surface area (Å²) >= 11 is 7.62. The molecule has 0 fully saturated rings. The molecule has 0 saturated carbocycles. The van der Waals surface area contributed by atoms with E-state index in [4.69, 9.17) is 11.6 Å². The van der Waals surface area contributed by atoms with Crippen molar-refractivity contribution in [3.05, 3.63) is 73.6 Å². The summed E-state index contributed by atoms with van der Waals surface area (Å²) in [5.41, 5.74) is 2.00. The third kappa shape index (κ3) is 4.72. The van der Waals surface area contributed by atoms with Crippen LogP contribution < -0.4 is 5.32 Å². The minimum absolute atomic E-state index is 0.0620. The Morgan fingerprint density at radius 1 is 1.19 bits per heavy atom. The second kappa shape index (κ2) is 8.82. The first-order chi connectivity index (χ1) is 14.9. The van der Waals surface area contributed by atoms with Crippen molar-refractivity contribution in [2.75, 3.05) is 5.32 Å². The predicted octanol–water partition coefficient (Wildman–Crippen LogP) is 4.14. The number of aromatic nitrogens is 6. The third-order valence-corrected chi connectivity index (χ3v) is 5.96. The maximum absolute atomic E-state index is 11.1. The normalized spacial score (nSPS) is 11.1. The molecule has 4 aromatic rings. The molecule has 1 N–H and O–H groups in total. The van der Waals surface area contributed by atoms with Crippen molar-refractivity contribution in [1.29, 1.82) is 0 Å². The summed E-state index contributed by atoms with van der Waals surface area (Å²) in [6, 6.07) is 9.51. The number of hydrogen-bond acceptors (Lipinski definition) is 8. The molecule has 0 aliphatic heterocycles. The molecule has 0 unspecified atom stereocenters. The van der Waals surface area contributed by atoms with E-state index in [9.17, 15) is 10.1 Å². The molecule has 10 nitrogen and oxygen atoms in total. The van der Waals surface area contributed by atoms with E-state index < -0.39 is 4.92 Å². The zero-order valence-corrected chi connectivity index (χ0v) is 18.4. The van der Waals surface area contributed by atoms with Crippen molar-refractivity contribution in [2.45, 2.75) is 33.4 Å². The number of nitro groups is 1. The first-order valence-corrected chi connectivity index (χ1v) is 10.6. The quantitative estimate of drug-likeness (QED) is 0.311. The predicted molar refractivity (Wildman–Crippen MR) is 118 cm³/mol. The van der Waals surface area contributed by atoms with E-state index in [1.54, 1.807) is 23.2 Å². The number of rotatable bonds is 8. The van der Waals surface area contributed by atoms with Crippen LogP contribution in [-0.2, 0) is 19.5 Å². The summed E-state index contributed by atoms with van der Waals surface area (Å²) < 4.78 is 3.43. The summed E-state index contributed by atoms with van der Waals surface area (Å²) in [7, 11) is 0. The standard InChI is InChI=1S/C19H19ClN8O2S/c1-12-18(28(29)30)13(2)27(24-12)10-8-17-22-23-19(31-17)21-16-7-9-26(25-16)11-14-5-3-4-6-15(14)20/h3-7,9H,8,10-11H2,1-2H3,(H,21,23,25). The molecule has 1 aromatic carbocycles. The summed E-state index contributed by atoms with van der Waals surface area (Å²) in [6.45, 7) is 4.39. The van der Waals surface area contributed by atoms with Crippen LogP contribution in [0.3, 0.4) is 0 Å². The third-order valence-electron chi connectivity index (χ3n) is 4.70. The van der Waals surface area contributed by atoms with Gasteiger partial charge in [-0.3, -0.25) is 19.5 Å². The zero-order valence-electron chi connectivity index (χ0n) is 16.8. The molecule has 3 heterocycles. The van der Waals surface area contributed by atoms with Gasteiger partial charge in [0.05, 0.1) is 11.5 Å². The Labute approximate surface area is 186 Å². The molecule has 0 saturated heterocycles. The lowest BCUT2D eigenvalue weighted by atomic mass is 10.2. The van der Waals surface area contributed by atoms with Crippen LogP contribution in [0.25, 0.3) is 0 Å². The topological polar surface area (TPSA) is 117 Å². The molecule has 31 heavy (non-hydrogen) atoms. The van der Waals surface area contributed by atoms with Gasteiger partial charge in [0, 0.05) is 30.3 Å². The fraction of sp³-hybridized carbons (Fsp3) is 0.263. The van der Waals surface area contributed by atoms with Crippen molar-refractivity contribution >= 4 is 39.6 Å². The van der Waals surface area contributed by atoms with Gasteiger partial charge in [-0.1, -0.05) is 41.1 Å². The van der Waals surface area contributed by atoms with Crippen LogP contribution in [0.5, 0.6) is 0 Å². The first kappa shape index (κ1) is 20.9. The van der Waals surface area contributed by atoms with Crippen molar-refractivity contribution in [2.24, 2.45) is 0 Å². The molecule has 0 bridgehead atoms. The van der Waals surface area contributed by atoms with E-state index >= 15 is 0 Å². The lowest BCUT2D eigenvalue weighted by Gasteiger charge is -2.04. The highest BCUT2D eigenvalue weighted by Crippen LogP contribution is 2.24. The average molecular weight is 459 g/mol. The molecule has 12 heteroatoms. The van der Waals surface area contributed by atoms with Crippen LogP contribution in [0.2, 0.25) is 5.02 Å². The molecule has 0 amide bonds. The number of nitrogens with one attached hydrogen (secondary N) is 1. The molecule has 4 rings (SSSR count). The maximum atomic E-state index is 11.1. The molecule has 0 aliphatic carbocycles. The van der Waals surface area contributed by atoms with E-state index in [1.165, 1.54) is 11.3 Å². The summed E-state index contributed by atoms with van der Waals surface area (Å²) in [4.78, 5) is 10.7. The number of nitrogens with zero attached hydrogens (tertiary/aromatic N) is 7. The first-order valence-electron chi connectivity index (χ1n) is 9.45. The number of benzene rings is 1. The summed E-state index contributed by atoms with van der Waals surface area (Å²) in [5, 5.41) is 33.5. The largest absolute Gasteiger partial charge is 0.313 e. The van der Waals surface area contributed by atoms with Gasteiger partial charge < -0.3 is 5.32 Å². The molecule has 160 valence electrons. The molecule has 0 spiro atoms. The fourth-order valence-corrected chi connectivity index (χ4v) is 4.13. The Bertz CT molecular complexity index is 1230. The van der Waals surface area contributed by atoms with Crippen LogP contribution in [0, 0.1) is 24.0 Å². The van der Waals surface area contributed by atoms with E-state index in [0.717, 1.165) is 10.6 Å². The lowest BCUT2D eigenvalue weighted by molar-refractivity contribution is -0.386. The zero-order chi connectivity index (χ0) is 22.0. The number of hydrogen-bond donors (Lipinski definition) is 1. The van der Waals surface area contributed by atoms with Gasteiger partial charge in [0.1, 0.15) is 16.4 Å². The van der Waals surface area contributed by atoms with Gasteiger partial charge in [-0.05, 0) is 25.5 Å². The van der Waals surface area contributed by atoms with E-state index in [2.05, 4.69) is 25.7 Å². The molecule has 3 aromatic heterocycles. The van der Waals surface area contributed by atoms with Crippen LogP contribution in [0.15, 0.2) is 36.5 Å². The van der Waals surface area contributed by atoms with Gasteiger partial charge in [-0.25, -0.2) is 0 Å². The monoisotopic (exact) mass is 458 g/mol. The van der Waals surface area contributed by atoms with E-state index in [1.807, 2.05) is 36.5 Å². The fourth-order valence-electron chi connectivity index (χ4n) is 3.20. The molecule has 0 aliphatic rings. The minimum Gasteiger partial charge on any atom is -0.313 e. The Balaban J connectivity index is 1.37. The van der Waals surface area contributed by atoms with Crippen LogP contribution in [-0.4, -0.2) is 34.7 Å². The average Bonchev–Trinajstić information content (AvgIpc) is 3.42. The Morgan fingerprint density at radius 3 is 2.74 bits per heavy atom. The summed E-state index contributed by atoms with van der Waals surface area (Å²) in [6.07, 6.45) is 2.43. The SMILES string of the molecule is Cc1nn(CCc2nnc(Nc3ccn(Cc4ccccc4Cl)n3)s2)c(C)c1[N+](=O)[O-]. The smallest absolute Gasteiger partial charge is 0.312 e. The lowest BCUT2D eigenvalue weighted by Crippen LogP contribution is -2.05. The Kier molecular flexibility index (Phi) is 5.96. The second-order valence-electron chi connectivity index (χ2n) is 6.87. The van der Waals surface area contributed by atoms with Gasteiger partial charge in [0.2, 0.25) is 5.13 Å². The van der Waals surface area contributed by atoms with E-state index in [0.29, 0.717) is 46.9 Å². The highest BCUT2D eigenvalue weighted by atomic mass is 35.5. The van der Waals surface area contributed by atoms with Crippen LogP contribution in [0.1, 0.15) is 22.0 Å². The molecular formula is C19H19ClN8O2S. The van der Waals surface area contributed by atoms with Crippen molar-refractivity contribution in [3.63, 3.8) is 0 Å². The van der Waals surface area contributed by atoms with Crippen molar-refractivity contribution in [3.8, 4) is 0 Å². The van der Waals surface area contributed by atoms with Crippen molar-refractivity contribution < 1.29 is 4.92 Å². The maximum Gasteiger partial charge on any atom is 0.312 e. The van der Waals surface area contributed by atoms with Gasteiger partial charge in [-0.2, -0.15) is 10.2 Å². The molecule has 0 atom stereocenters. The van der Waals surface area contributed by atoms with Gasteiger partial charge in [-0.15, -0.1) is 10.2 Å². The number of anilines is 2. The Morgan fingerprint density at radius 2 is 2.00 bits per heavy atom. The molecular weight excluding hydrogens is 440 g/mol. The van der Waals surface area contributed by atoms with Gasteiger partial charge in [0.15, 0.2) is 5.82 Å². The molecule has 0 radical (unpaired) electrons. The van der Waals surface area contributed by atoms with Crippen LogP contribution in [0.4, 0.5) is 16.6 Å². The number of halogens is 1. The minimum atomic E-state index is -0.397. The van der Waals surface area contributed by atoms with E-state index in [-0.39, 0.29) is 5.69 Å².